The first kappa shape index (κ1) is 25.4. The van der Waals surface area contributed by atoms with Crippen LogP contribution >= 0.6 is 0 Å². The molecule has 190 valence electrons. The number of hydrogen-bond donors (Lipinski definition) is 1. The number of carbonyl (C=O) groups excluding carboxylic acids is 1. The molecule has 1 N–H and O–H groups in total. The van der Waals surface area contributed by atoms with Crippen LogP contribution in [0.5, 0.6) is 0 Å². The number of aliphatic hydroxyl groups is 1. The molecule has 2 aromatic rings. The number of anilines is 1. The molecule has 1 aromatic heterocycles. The lowest BCUT2D eigenvalue weighted by Crippen LogP contribution is -2.50. The number of benzene rings is 1. The van der Waals surface area contributed by atoms with Crippen LogP contribution in [0.4, 0.5) is 5.82 Å². The summed E-state index contributed by atoms with van der Waals surface area (Å²) >= 11 is 0. The maximum absolute atomic E-state index is 12.9. The van der Waals surface area contributed by atoms with Gasteiger partial charge in [0.2, 0.25) is 5.91 Å². The molecule has 0 bridgehead atoms. The first-order chi connectivity index (χ1) is 16.7. The lowest BCUT2D eigenvalue weighted by atomic mass is 9.90. The number of piperidine rings is 2. The zero-order valence-electron chi connectivity index (χ0n) is 21.3. The SMILES string of the molecule is CC(CC(=O)N1CCC(O)(Cn2cnc(N3CCCC(N(C)C)C3)cc2=O)CC1)c1ccccc1. The molecule has 3 heterocycles. The molecular formula is C27H39N5O3. The summed E-state index contributed by atoms with van der Waals surface area (Å²) in [6, 6.07) is 12.1. The van der Waals surface area contributed by atoms with Gasteiger partial charge in [-0.3, -0.25) is 14.2 Å². The van der Waals surface area contributed by atoms with E-state index in [9.17, 15) is 14.7 Å². The predicted octanol–water partition coefficient (Wildman–Crippen LogP) is 2.32. The van der Waals surface area contributed by atoms with Crippen LogP contribution in [0.3, 0.4) is 0 Å². The van der Waals surface area contributed by atoms with Crippen LogP contribution < -0.4 is 10.5 Å². The zero-order valence-corrected chi connectivity index (χ0v) is 21.3. The summed E-state index contributed by atoms with van der Waals surface area (Å²) in [6.07, 6.45) is 5.14. The van der Waals surface area contributed by atoms with Crippen LogP contribution in [0.2, 0.25) is 0 Å². The highest BCUT2D eigenvalue weighted by atomic mass is 16.3. The van der Waals surface area contributed by atoms with Gasteiger partial charge < -0.3 is 19.8 Å². The maximum atomic E-state index is 12.9. The van der Waals surface area contributed by atoms with Crippen LogP contribution in [0.1, 0.15) is 50.5 Å². The van der Waals surface area contributed by atoms with Crippen molar-refractivity contribution in [1.82, 2.24) is 19.4 Å². The lowest BCUT2D eigenvalue weighted by Gasteiger charge is -2.39. The Morgan fingerprint density at radius 1 is 1.20 bits per heavy atom. The largest absolute Gasteiger partial charge is 0.388 e. The van der Waals surface area contributed by atoms with Crippen molar-refractivity contribution in [2.45, 2.75) is 63.1 Å². The van der Waals surface area contributed by atoms with Gasteiger partial charge in [-0.05, 0) is 51.3 Å². The molecule has 2 unspecified atom stereocenters. The molecule has 4 rings (SSSR count). The third kappa shape index (κ3) is 6.30. The van der Waals surface area contributed by atoms with E-state index in [1.165, 1.54) is 4.57 Å². The number of hydrogen-bond acceptors (Lipinski definition) is 6. The number of likely N-dealkylation sites (N-methyl/N-ethyl adjacent to an activating group) is 1. The molecule has 2 aliphatic rings. The minimum atomic E-state index is -1.02. The minimum absolute atomic E-state index is 0.115. The van der Waals surface area contributed by atoms with E-state index in [1.54, 1.807) is 12.4 Å². The molecule has 1 aromatic carbocycles. The summed E-state index contributed by atoms with van der Waals surface area (Å²) in [6.45, 7) is 5.02. The van der Waals surface area contributed by atoms with E-state index in [-0.39, 0.29) is 23.9 Å². The number of amides is 1. The van der Waals surface area contributed by atoms with Crippen LogP contribution in [-0.2, 0) is 11.3 Å². The summed E-state index contributed by atoms with van der Waals surface area (Å²) in [5.41, 5.74) is -0.00669. The third-order valence-corrected chi connectivity index (χ3v) is 7.68. The van der Waals surface area contributed by atoms with Crippen LogP contribution in [0, 0.1) is 0 Å². The second-order valence-corrected chi connectivity index (χ2v) is 10.5. The number of carbonyl (C=O) groups is 1. The highest BCUT2D eigenvalue weighted by Gasteiger charge is 2.35. The summed E-state index contributed by atoms with van der Waals surface area (Å²) in [5, 5.41) is 11.2. The summed E-state index contributed by atoms with van der Waals surface area (Å²) in [5.74, 6) is 0.975. The Kier molecular flexibility index (Phi) is 7.91. The highest BCUT2D eigenvalue weighted by Crippen LogP contribution is 2.26. The molecular weight excluding hydrogens is 442 g/mol. The van der Waals surface area contributed by atoms with E-state index in [2.05, 4.69) is 47.9 Å². The van der Waals surface area contributed by atoms with E-state index >= 15 is 0 Å². The molecule has 2 aliphatic heterocycles. The molecule has 1 amide bonds. The van der Waals surface area contributed by atoms with Crippen molar-refractivity contribution in [3.63, 3.8) is 0 Å². The molecule has 2 fully saturated rings. The number of aromatic nitrogens is 2. The Morgan fingerprint density at radius 2 is 1.91 bits per heavy atom. The van der Waals surface area contributed by atoms with E-state index in [1.807, 2.05) is 23.1 Å². The van der Waals surface area contributed by atoms with E-state index in [4.69, 9.17) is 0 Å². The standard InChI is InChI=1S/C27H39N5O3/c1-21(22-8-5-4-6-9-22)16-25(33)30-14-11-27(35,12-15-30)19-32-20-28-24(17-26(32)34)31-13-7-10-23(18-31)29(2)3/h4-6,8-9,17,20-21,23,35H,7,10-16,18-19H2,1-3H3. The van der Waals surface area contributed by atoms with Gasteiger partial charge in [-0.2, -0.15) is 0 Å². The number of rotatable bonds is 7. The average molecular weight is 482 g/mol. The normalized spacial score (nSPS) is 21.2. The number of likely N-dealkylation sites (tertiary alicyclic amines) is 1. The van der Waals surface area contributed by atoms with Gasteiger partial charge in [0.25, 0.3) is 5.56 Å². The van der Waals surface area contributed by atoms with Crippen molar-refractivity contribution >= 4 is 11.7 Å². The maximum Gasteiger partial charge on any atom is 0.255 e. The third-order valence-electron chi connectivity index (χ3n) is 7.68. The first-order valence-electron chi connectivity index (χ1n) is 12.8. The van der Waals surface area contributed by atoms with Crippen molar-refractivity contribution in [3.8, 4) is 0 Å². The molecule has 0 spiro atoms. The van der Waals surface area contributed by atoms with Crippen molar-refractivity contribution in [2.24, 2.45) is 0 Å². The minimum Gasteiger partial charge on any atom is -0.388 e. The Bertz CT molecular complexity index is 1050. The van der Waals surface area contributed by atoms with Gasteiger partial charge in [-0.25, -0.2) is 4.98 Å². The van der Waals surface area contributed by atoms with E-state index in [0.717, 1.165) is 31.5 Å². The van der Waals surface area contributed by atoms with Crippen LogP contribution in [0.25, 0.3) is 0 Å². The smallest absolute Gasteiger partial charge is 0.255 e. The summed E-state index contributed by atoms with van der Waals surface area (Å²) in [7, 11) is 4.17. The Balaban J connectivity index is 1.32. The van der Waals surface area contributed by atoms with E-state index < -0.39 is 5.60 Å². The molecule has 8 nitrogen and oxygen atoms in total. The number of nitrogens with zero attached hydrogens (tertiary/aromatic N) is 5. The molecule has 2 atom stereocenters. The topological polar surface area (TPSA) is 81.9 Å². The average Bonchev–Trinajstić information content (AvgIpc) is 2.86. The van der Waals surface area contributed by atoms with Gasteiger partial charge in [0.15, 0.2) is 0 Å². The Morgan fingerprint density at radius 3 is 2.57 bits per heavy atom. The van der Waals surface area contributed by atoms with Gasteiger partial charge >= 0.3 is 0 Å². The fraction of sp³-hybridized carbons (Fsp3) is 0.593. The van der Waals surface area contributed by atoms with Gasteiger partial charge in [0.1, 0.15) is 5.82 Å². The Hall–Kier alpha value is -2.71. The zero-order chi connectivity index (χ0) is 25.0. The molecule has 0 radical (unpaired) electrons. The predicted molar refractivity (Wildman–Crippen MR) is 138 cm³/mol. The molecule has 0 saturated carbocycles. The fourth-order valence-electron chi connectivity index (χ4n) is 5.23. The summed E-state index contributed by atoms with van der Waals surface area (Å²) in [4.78, 5) is 36.5. The highest BCUT2D eigenvalue weighted by molar-refractivity contribution is 5.77. The molecule has 2 saturated heterocycles. The van der Waals surface area contributed by atoms with Gasteiger partial charge in [0, 0.05) is 44.7 Å². The van der Waals surface area contributed by atoms with Crippen LogP contribution in [-0.4, -0.2) is 82.3 Å². The quantitative estimate of drug-likeness (QED) is 0.654. The lowest BCUT2D eigenvalue weighted by molar-refractivity contribution is -0.136. The molecule has 0 aliphatic carbocycles. The second kappa shape index (κ2) is 10.9. The van der Waals surface area contributed by atoms with E-state index in [0.29, 0.717) is 44.2 Å². The van der Waals surface area contributed by atoms with Gasteiger partial charge in [0.05, 0.1) is 18.5 Å². The van der Waals surface area contributed by atoms with Crippen molar-refractivity contribution in [1.29, 1.82) is 0 Å². The van der Waals surface area contributed by atoms with Gasteiger partial charge in [-0.1, -0.05) is 37.3 Å². The fourth-order valence-corrected chi connectivity index (χ4v) is 5.23. The molecule has 8 heteroatoms. The first-order valence-corrected chi connectivity index (χ1v) is 12.8. The van der Waals surface area contributed by atoms with Crippen LogP contribution in [0.15, 0.2) is 47.5 Å². The van der Waals surface area contributed by atoms with Gasteiger partial charge in [-0.15, -0.1) is 0 Å². The van der Waals surface area contributed by atoms with Crippen molar-refractivity contribution in [3.05, 3.63) is 58.6 Å². The molecule has 35 heavy (non-hydrogen) atoms. The Labute approximate surface area is 208 Å². The second-order valence-electron chi connectivity index (χ2n) is 10.5. The summed E-state index contributed by atoms with van der Waals surface area (Å²) < 4.78 is 1.51. The monoisotopic (exact) mass is 481 g/mol. The van der Waals surface area contributed by atoms with Crippen molar-refractivity contribution < 1.29 is 9.90 Å². The van der Waals surface area contributed by atoms with Crippen molar-refractivity contribution in [2.75, 3.05) is 45.2 Å².